The van der Waals surface area contributed by atoms with Crippen molar-refractivity contribution in [3.8, 4) is 6.07 Å². The molecule has 2 nitrogen and oxygen atoms in total. The Morgan fingerprint density at radius 3 is 2.94 bits per heavy atom. The van der Waals surface area contributed by atoms with Gasteiger partial charge in [0.05, 0.1) is 0 Å². The van der Waals surface area contributed by atoms with Crippen LogP contribution in [-0.2, 0) is 6.54 Å². The zero-order valence-electron chi connectivity index (χ0n) is 10.6. The number of thiophene rings is 1. The van der Waals surface area contributed by atoms with Crippen LogP contribution in [0.3, 0.4) is 0 Å². The Kier molecular flexibility index (Phi) is 4.20. The first-order valence-corrected chi connectivity index (χ1v) is 7.24. The molecule has 0 aliphatic heterocycles. The van der Waals surface area contributed by atoms with Crippen LogP contribution >= 0.6 is 11.3 Å². The second-order valence-corrected chi connectivity index (χ2v) is 6.30. The molecule has 1 aliphatic rings. The minimum absolute atomic E-state index is 0.645. The zero-order valence-corrected chi connectivity index (χ0v) is 11.4. The number of nitrogens with zero attached hydrogens (tertiary/aromatic N) is 1. The van der Waals surface area contributed by atoms with E-state index >= 15 is 0 Å². The Morgan fingerprint density at radius 1 is 1.41 bits per heavy atom. The highest BCUT2D eigenvalue weighted by Crippen LogP contribution is 2.29. The van der Waals surface area contributed by atoms with E-state index in [-0.39, 0.29) is 0 Å². The predicted molar refractivity (Wildman–Crippen MR) is 71.8 cm³/mol. The van der Waals surface area contributed by atoms with E-state index in [1.54, 1.807) is 11.3 Å². The maximum atomic E-state index is 8.78. The molecule has 0 amide bonds. The first-order chi connectivity index (χ1) is 8.20. The summed E-state index contributed by atoms with van der Waals surface area (Å²) in [6.45, 7) is 5.63. The third kappa shape index (κ3) is 3.08. The van der Waals surface area contributed by atoms with Crippen molar-refractivity contribution in [3.63, 3.8) is 0 Å². The topological polar surface area (TPSA) is 35.8 Å². The highest BCUT2D eigenvalue weighted by molar-refractivity contribution is 7.12. The van der Waals surface area contributed by atoms with E-state index in [0.29, 0.717) is 6.04 Å². The average molecular weight is 248 g/mol. The van der Waals surface area contributed by atoms with Crippen LogP contribution in [-0.4, -0.2) is 6.04 Å². The van der Waals surface area contributed by atoms with Gasteiger partial charge in [0.1, 0.15) is 10.9 Å². The molecule has 0 radical (unpaired) electrons. The molecular weight excluding hydrogens is 228 g/mol. The van der Waals surface area contributed by atoms with Crippen LogP contribution in [0, 0.1) is 23.2 Å². The lowest BCUT2D eigenvalue weighted by atomic mass is 9.78. The Hall–Kier alpha value is -0.850. The molecular formula is C14H20N2S. The smallest absolute Gasteiger partial charge is 0.110 e. The Bertz CT molecular complexity index is 405. The van der Waals surface area contributed by atoms with E-state index in [1.807, 2.05) is 6.07 Å². The predicted octanol–water partition coefficient (Wildman–Crippen LogP) is 3.53. The van der Waals surface area contributed by atoms with Crippen LogP contribution in [0.25, 0.3) is 0 Å². The molecule has 0 saturated heterocycles. The first kappa shape index (κ1) is 12.6. The van der Waals surface area contributed by atoms with Crippen LogP contribution in [0.5, 0.6) is 0 Å². The van der Waals surface area contributed by atoms with Crippen molar-refractivity contribution in [2.75, 3.05) is 0 Å². The quantitative estimate of drug-likeness (QED) is 0.888. The third-order valence-corrected chi connectivity index (χ3v) is 5.01. The lowest BCUT2D eigenvalue weighted by Gasteiger charge is -2.34. The largest absolute Gasteiger partial charge is 0.309 e. The molecule has 92 valence electrons. The first-order valence-electron chi connectivity index (χ1n) is 6.43. The fourth-order valence-electron chi connectivity index (χ4n) is 2.63. The highest BCUT2D eigenvalue weighted by Gasteiger charge is 2.26. The van der Waals surface area contributed by atoms with Crippen molar-refractivity contribution >= 4 is 11.3 Å². The molecule has 1 heterocycles. The monoisotopic (exact) mass is 248 g/mol. The maximum absolute atomic E-state index is 8.78. The van der Waals surface area contributed by atoms with Gasteiger partial charge in [0.2, 0.25) is 0 Å². The summed E-state index contributed by atoms with van der Waals surface area (Å²) in [6.07, 6.45) is 4.01. The highest BCUT2D eigenvalue weighted by atomic mass is 32.1. The fourth-order valence-corrected chi connectivity index (χ4v) is 3.39. The van der Waals surface area contributed by atoms with Gasteiger partial charge in [-0.05, 0) is 30.4 Å². The second kappa shape index (κ2) is 5.66. The maximum Gasteiger partial charge on any atom is 0.110 e. The Labute approximate surface area is 108 Å². The van der Waals surface area contributed by atoms with Crippen LogP contribution in [0.15, 0.2) is 12.1 Å². The van der Waals surface area contributed by atoms with E-state index in [9.17, 15) is 0 Å². The van der Waals surface area contributed by atoms with Gasteiger partial charge in [0.25, 0.3) is 0 Å². The van der Waals surface area contributed by atoms with Crippen LogP contribution < -0.4 is 5.32 Å². The third-order valence-electron chi connectivity index (χ3n) is 4.02. The molecule has 3 heteroatoms. The molecule has 1 saturated carbocycles. The molecule has 1 aromatic heterocycles. The van der Waals surface area contributed by atoms with E-state index in [0.717, 1.165) is 23.3 Å². The minimum Gasteiger partial charge on any atom is -0.309 e. The standard InChI is InChI=1S/C14H20N2S/c1-10-4-3-5-14(11(10)2)16-9-13-7-6-12(8-15)17-13/h6-7,10-11,14,16H,3-5,9H2,1-2H3. The van der Waals surface area contributed by atoms with Crippen LogP contribution in [0.4, 0.5) is 0 Å². The summed E-state index contributed by atoms with van der Waals surface area (Å²) in [7, 11) is 0. The number of nitrogens with one attached hydrogen (secondary N) is 1. The average Bonchev–Trinajstić information content (AvgIpc) is 2.79. The summed E-state index contributed by atoms with van der Waals surface area (Å²) in [5.74, 6) is 1.60. The number of hydrogen-bond acceptors (Lipinski definition) is 3. The molecule has 1 aromatic rings. The molecule has 3 atom stereocenters. The second-order valence-electron chi connectivity index (χ2n) is 5.13. The van der Waals surface area contributed by atoms with Crippen molar-refractivity contribution in [1.82, 2.24) is 5.32 Å². The zero-order chi connectivity index (χ0) is 12.3. The van der Waals surface area contributed by atoms with Crippen molar-refractivity contribution in [1.29, 1.82) is 5.26 Å². The molecule has 1 aliphatic carbocycles. The van der Waals surface area contributed by atoms with Gasteiger partial charge in [0.15, 0.2) is 0 Å². The van der Waals surface area contributed by atoms with Gasteiger partial charge in [-0.25, -0.2) is 0 Å². The number of rotatable bonds is 3. The van der Waals surface area contributed by atoms with Gasteiger partial charge >= 0.3 is 0 Å². The van der Waals surface area contributed by atoms with E-state index in [4.69, 9.17) is 5.26 Å². The van der Waals surface area contributed by atoms with Gasteiger partial charge in [-0.2, -0.15) is 5.26 Å². The van der Waals surface area contributed by atoms with Crippen molar-refractivity contribution < 1.29 is 0 Å². The van der Waals surface area contributed by atoms with Gasteiger partial charge < -0.3 is 5.32 Å². The van der Waals surface area contributed by atoms with Gasteiger partial charge in [0, 0.05) is 17.5 Å². The van der Waals surface area contributed by atoms with E-state index < -0.39 is 0 Å². The Morgan fingerprint density at radius 2 is 2.24 bits per heavy atom. The summed E-state index contributed by atoms with van der Waals surface area (Å²) in [5, 5.41) is 12.4. The van der Waals surface area contributed by atoms with Crippen LogP contribution in [0.2, 0.25) is 0 Å². The SMILES string of the molecule is CC1CCCC(NCc2ccc(C#N)s2)C1C. The normalized spacial score (nSPS) is 28.9. The van der Waals surface area contributed by atoms with E-state index in [1.165, 1.54) is 24.1 Å². The van der Waals surface area contributed by atoms with Gasteiger partial charge in [-0.1, -0.05) is 26.7 Å². The number of hydrogen-bond donors (Lipinski definition) is 1. The van der Waals surface area contributed by atoms with Gasteiger partial charge in [-0.15, -0.1) is 11.3 Å². The molecule has 2 rings (SSSR count). The van der Waals surface area contributed by atoms with Crippen molar-refractivity contribution in [3.05, 3.63) is 21.9 Å². The fraction of sp³-hybridized carbons (Fsp3) is 0.643. The van der Waals surface area contributed by atoms with Gasteiger partial charge in [-0.3, -0.25) is 0 Å². The molecule has 3 unspecified atom stereocenters. The summed E-state index contributed by atoms with van der Waals surface area (Å²) in [6, 6.07) is 6.81. The lowest BCUT2D eigenvalue weighted by molar-refractivity contribution is 0.206. The molecule has 0 spiro atoms. The lowest BCUT2D eigenvalue weighted by Crippen LogP contribution is -2.40. The Balaban J connectivity index is 1.87. The summed E-state index contributed by atoms with van der Waals surface area (Å²) >= 11 is 1.60. The molecule has 1 fully saturated rings. The molecule has 0 aromatic carbocycles. The molecule has 17 heavy (non-hydrogen) atoms. The van der Waals surface area contributed by atoms with E-state index in [2.05, 4.69) is 31.3 Å². The summed E-state index contributed by atoms with van der Waals surface area (Å²) in [4.78, 5) is 2.08. The molecule has 1 N–H and O–H groups in total. The minimum atomic E-state index is 0.645. The van der Waals surface area contributed by atoms with Crippen LogP contribution in [0.1, 0.15) is 42.9 Å². The number of nitriles is 1. The van der Waals surface area contributed by atoms with Crippen molar-refractivity contribution in [2.45, 2.75) is 45.7 Å². The summed E-state index contributed by atoms with van der Waals surface area (Å²) < 4.78 is 0. The molecule has 0 bridgehead atoms. The van der Waals surface area contributed by atoms with Crippen molar-refractivity contribution in [2.24, 2.45) is 11.8 Å². The summed E-state index contributed by atoms with van der Waals surface area (Å²) in [5.41, 5.74) is 0.